The normalized spacial score (nSPS) is 13.7. The number of pyridine rings is 1. The first-order chi connectivity index (χ1) is 19.0. The van der Waals surface area contributed by atoms with Crippen molar-refractivity contribution in [1.82, 2.24) is 19.3 Å². The predicted molar refractivity (Wildman–Crippen MR) is 146 cm³/mol. The van der Waals surface area contributed by atoms with Crippen LogP contribution in [-0.4, -0.2) is 56.6 Å². The third-order valence-electron chi connectivity index (χ3n) is 7.09. The van der Waals surface area contributed by atoms with Crippen LogP contribution in [0.5, 0.6) is 0 Å². The lowest BCUT2D eigenvalue weighted by molar-refractivity contribution is 0.0695. The molecule has 1 N–H and O–H groups in total. The van der Waals surface area contributed by atoms with Crippen molar-refractivity contribution in [3.63, 3.8) is 0 Å². The Kier molecular flexibility index (Phi) is 6.28. The van der Waals surface area contributed by atoms with Gasteiger partial charge in [-0.2, -0.15) is 5.10 Å². The second-order valence-electron chi connectivity index (χ2n) is 9.40. The van der Waals surface area contributed by atoms with Gasteiger partial charge in [-0.3, -0.25) is 4.79 Å². The van der Waals surface area contributed by atoms with E-state index in [0.717, 1.165) is 11.3 Å². The maximum Gasteiger partial charge on any atom is 0.341 e. The van der Waals surface area contributed by atoms with Gasteiger partial charge in [-0.05, 0) is 35.9 Å². The van der Waals surface area contributed by atoms with E-state index in [2.05, 4.69) is 27.1 Å². The van der Waals surface area contributed by atoms with Crippen LogP contribution in [-0.2, 0) is 6.54 Å². The van der Waals surface area contributed by atoms with Crippen LogP contribution >= 0.6 is 0 Å². The fourth-order valence-corrected chi connectivity index (χ4v) is 5.14. The minimum Gasteiger partial charge on any atom is -0.477 e. The Labute approximate surface area is 223 Å². The second kappa shape index (κ2) is 10.1. The average Bonchev–Trinajstić information content (AvgIpc) is 3.47. The minimum atomic E-state index is -1.37. The highest BCUT2D eigenvalue weighted by Gasteiger charge is 2.23. The number of aromatic carboxylic acids is 1. The van der Waals surface area contributed by atoms with Crippen LogP contribution in [0.1, 0.15) is 15.9 Å². The van der Waals surface area contributed by atoms with Crippen LogP contribution in [0.4, 0.5) is 15.8 Å². The summed E-state index contributed by atoms with van der Waals surface area (Å²) in [6.07, 6.45) is 4.35. The molecule has 0 saturated carbocycles. The number of carboxylic acid groups (broad SMARTS) is 1. The number of anilines is 2. The first-order valence-electron chi connectivity index (χ1n) is 12.6. The highest BCUT2D eigenvalue weighted by atomic mass is 19.1. The van der Waals surface area contributed by atoms with E-state index in [1.54, 1.807) is 21.6 Å². The van der Waals surface area contributed by atoms with E-state index in [9.17, 15) is 14.7 Å². The molecule has 3 heterocycles. The van der Waals surface area contributed by atoms with E-state index >= 15 is 4.39 Å². The van der Waals surface area contributed by atoms with Crippen molar-refractivity contribution in [2.75, 3.05) is 36.0 Å². The summed E-state index contributed by atoms with van der Waals surface area (Å²) in [7, 11) is 0. The highest BCUT2D eigenvalue weighted by Crippen LogP contribution is 2.29. The van der Waals surface area contributed by atoms with Crippen LogP contribution in [0.3, 0.4) is 0 Å². The number of carboxylic acids is 1. The predicted octanol–water partition coefficient (Wildman–Crippen LogP) is 3.79. The number of benzene rings is 3. The molecule has 0 bridgehead atoms. The molecule has 5 aromatic rings. The first-order valence-corrected chi connectivity index (χ1v) is 12.6. The molecule has 10 heteroatoms. The van der Waals surface area contributed by atoms with E-state index in [-0.39, 0.29) is 5.39 Å². The summed E-state index contributed by atoms with van der Waals surface area (Å²) < 4.78 is 18.8. The van der Waals surface area contributed by atoms with E-state index in [4.69, 9.17) is 0 Å². The van der Waals surface area contributed by atoms with E-state index in [0.29, 0.717) is 49.6 Å². The van der Waals surface area contributed by atoms with Gasteiger partial charge in [0.1, 0.15) is 24.0 Å². The second-order valence-corrected chi connectivity index (χ2v) is 9.40. The average molecular weight is 525 g/mol. The number of para-hydroxylation sites is 2. The maximum absolute atomic E-state index is 15.5. The highest BCUT2D eigenvalue weighted by molar-refractivity contribution is 5.94. The maximum atomic E-state index is 15.5. The number of aromatic nitrogens is 4. The molecule has 0 amide bonds. The number of rotatable bonds is 6. The Hall–Kier alpha value is -4.99. The molecule has 6 rings (SSSR count). The van der Waals surface area contributed by atoms with Crippen molar-refractivity contribution in [2.24, 2.45) is 0 Å². The smallest absolute Gasteiger partial charge is 0.341 e. The lowest BCUT2D eigenvalue weighted by Crippen LogP contribution is -2.46. The fourth-order valence-electron chi connectivity index (χ4n) is 5.14. The zero-order valence-corrected chi connectivity index (χ0v) is 20.9. The van der Waals surface area contributed by atoms with Gasteiger partial charge in [-0.1, -0.05) is 36.4 Å². The number of carbonyl (C=O) groups is 1. The van der Waals surface area contributed by atoms with Crippen molar-refractivity contribution in [1.29, 1.82) is 0 Å². The molecule has 0 aliphatic carbocycles. The Balaban J connectivity index is 1.45. The third kappa shape index (κ3) is 4.61. The lowest BCUT2D eigenvalue weighted by Gasteiger charge is -2.37. The zero-order valence-electron chi connectivity index (χ0n) is 20.9. The topological polar surface area (TPSA) is 96.5 Å². The number of nitrogens with zero attached hydrogens (tertiary/aromatic N) is 6. The van der Waals surface area contributed by atoms with Gasteiger partial charge in [-0.15, -0.1) is 0 Å². The Morgan fingerprint density at radius 3 is 2.36 bits per heavy atom. The minimum absolute atomic E-state index is 0.00892. The number of piperazine rings is 1. The summed E-state index contributed by atoms with van der Waals surface area (Å²) in [4.78, 5) is 33.3. The number of fused-ring (bicyclic) bond motifs is 1. The number of hydrogen-bond donors (Lipinski definition) is 1. The molecule has 2 aromatic heterocycles. The molecular formula is C29H25FN6O3. The van der Waals surface area contributed by atoms with Crippen LogP contribution in [0.2, 0.25) is 0 Å². The first kappa shape index (κ1) is 24.4. The van der Waals surface area contributed by atoms with E-state index < -0.39 is 22.8 Å². The van der Waals surface area contributed by atoms with Crippen molar-refractivity contribution in [3.8, 4) is 5.69 Å². The van der Waals surface area contributed by atoms with Crippen LogP contribution in [0.25, 0.3) is 16.6 Å². The van der Waals surface area contributed by atoms with Gasteiger partial charge in [0.2, 0.25) is 5.43 Å². The summed E-state index contributed by atoms with van der Waals surface area (Å²) >= 11 is 0. The Morgan fingerprint density at radius 2 is 1.64 bits per heavy atom. The lowest BCUT2D eigenvalue weighted by atomic mass is 10.1. The van der Waals surface area contributed by atoms with Gasteiger partial charge in [-0.25, -0.2) is 18.9 Å². The van der Waals surface area contributed by atoms with E-state index in [1.807, 2.05) is 47.4 Å². The van der Waals surface area contributed by atoms with Crippen molar-refractivity contribution >= 4 is 28.2 Å². The SMILES string of the molecule is O=C(O)c1cn(-c2ccccc2Cn2cncn2)c2cc(N3CCN(c4ccccc4)CC3)c(F)cc2c1=O. The summed E-state index contributed by atoms with van der Waals surface area (Å²) in [5, 5.41) is 14.0. The van der Waals surface area contributed by atoms with Crippen LogP contribution in [0.15, 0.2) is 90.4 Å². The standard InChI is InChI=1S/C29H25FN6O3/c30-24-14-22-26(15-27(24)34-12-10-33(11-13-34)21-7-2-1-3-8-21)36(17-23(28(22)37)29(38)39)25-9-5-4-6-20(25)16-35-19-31-18-32-35/h1-9,14-15,17-19H,10-13,16H2,(H,38,39). The van der Waals surface area contributed by atoms with Crippen molar-refractivity contribution in [2.45, 2.75) is 6.54 Å². The van der Waals surface area contributed by atoms with Gasteiger partial charge in [0.25, 0.3) is 0 Å². The van der Waals surface area contributed by atoms with Crippen LogP contribution in [0, 0.1) is 5.82 Å². The molecule has 3 aromatic carbocycles. The molecule has 1 aliphatic heterocycles. The molecule has 0 radical (unpaired) electrons. The monoisotopic (exact) mass is 524 g/mol. The van der Waals surface area contributed by atoms with Gasteiger partial charge < -0.3 is 19.5 Å². The summed E-state index contributed by atoms with van der Waals surface area (Å²) in [5.41, 5.74) is 2.26. The molecule has 0 unspecified atom stereocenters. The summed E-state index contributed by atoms with van der Waals surface area (Å²) in [6, 6.07) is 20.3. The Bertz CT molecular complexity index is 1710. The molecular weight excluding hydrogens is 499 g/mol. The van der Waals surface area contributed by atoms with Gasteiger partial charge in [0, 0.05) is 43.4 Å². The van der Waals surface area contributed by atoms with Gasteiger partial charge in [0.15, 0.2) is 0 Å². The molecule has 196 valence electrons. The molecule has 1 fully saturated rings. The number of hydrogen-bond acceptors (Lipinski definition) is 6. The largest absolute Gasteiger partial charge is 0.477 e. The molecule has 1 aliphatic rings. The van der Waals surface area contributed by atoms with Gasteiger partial charge in [0.05, 0.1) is 23.4 Å². The zero-order chi connectivity index (χ0) is 26.9. The molecule has 9 nitrogen and oxygen atoms in total. The number of halogens is 1. The van der Waals surface area contributed by atoms with Gasteiger partial charge >= 0.3 is 5.97 Å². The summed E-state index contributed by atoms with van der Waals surface area (Å²) in [5.74, 6) is -1.93. The Morgan fingerprint density at radius 1 is 0.923 bits per heavy atom. The molecule has 0 atom stereocenters. The summed E-state index contributed by atoms with van der Waals surface area (Å²) in [6.45, 7) is 3.00. The van der Waals surface area contributed by atoms with Crippen molar-refractivity contribution in [3.05, 3.63) is 113 Å². The molecule has 0 spiro atoms. The quantitative estimate of drug-likeness (QED) is 0.361. The molecule has 39 heavy (non-hydrogen) atoms. The fraction of sp³-hybridized carbons (Fsp3) is 0.172. The molecule has 1 saturated heterocycles. The van der Waals surface area contributed by atoms with Crippen LogP contribution < -0.4 is 15.2 Å². The van der Waals surface area contributed by atoms with E-state index in [1.165, 1.54) is 18.6 Å². The van der Waals surface area contributed by atoms with Crippen molar-refractivity contribution < 1.29 is 14.3 Å². The third-order valence-corrected chi connectivity index (χ3v) is 7.09.